The molecular formula is C11H17N7. The van der Waals surface area contributed by atoms with Crippen LogP contribution in [0.25, 0.3) is 5.65 Å². The number of fused-ring (bicyclic) bond motifs is 1. The number of nitrogens with one attached hydrogen (secondary N) is 1. The fourth-order valence-corrected chi connectivity index (χ4v) is 2.36. The van der Waals surface area contributed by atoms with Crippen molar-refractivity contribution in [1.29, 1.82) is 0 Å². The smallest absolute Gasteiger partial charge is 0.200 e. The Morgan fingerprint density at radius 2 is 2.28 bits per heavy atom. The van der Waals surface area contributed by atoms with Crippen molar-refractivity contribution >= 4 is 11.5 Å². The van der Waals surface area contributed by atoms with Crippen molar-refractivity contribution in [3.63, 3.8) is 0 Å². The Labute approximate surface area is 105 Å². The van der Waals surface area contributed by atoms with Gasteiger partial charge in [0.05, 0.1) is 0 Å². The zero-order valence-corrected chi connectivity index (χ0v) is 10.6. The van der Waals surface area contributed by atoms with Crippen molar-refractivity contribution in [2.24, 2.45) is 0 Å². The summed E-state index contributed by atoms with van der Waals surface area (Å²) in [5.41, 5.74) is 0.664. The summed E-state index contributed by atoms with van der Waals surface area (Å²) in [5.74, 6) is 0.830. The van der Waals surface area contributed by atoms with Gasteiger partial charge in [-0.3, -0.25) is 0 Å². The number of hydrogen-bond donors (Lipinski definition) is 1. The first-order valence-electron chi connectivity index (χ1n) is 6.24. The van der Waals surface area contributed by atoms with Crippen molar-refractivity contribution in [3.8, 4) is 0 Å². The van der Waals surface area contributed by atoms with Gasteiger partial charge in [0, 0.05) is 18.6 Å². The minimum absolute atomic E-state index is 0.470. The third kappa shape index (κ3) is 2.13. The van der Waals surface area contributed by atoms with Crippen molar-refractivity contribution in [2.45, 2.75) is 31.8 Å². The average Bonchev–Trinajstić information content (AvgIpc) is 2.81. The summed E-state index contributed by atoms with van der Waals surface area (Å²) < 4.78 is 1.45. The van der Waals surface area contributed by atoms with E-state index in [4.69, 9.17) is 0 Å². The van der Waals surface area contributed by atoms with E-state index in [0.29, 0.717) is 17.7 Å². The standard InChI is InChI=1S/C11H17N7/c1-8-7-9(5-6-17(8)2)12-10-3-4-11-13-15-16-18(11)14-10/h3-4,8-9H,5-7H2,1-2H3,(H,12,14). The van der Waals surface area contributed by atoms with Gasteiger partial charge in [-0.2, -0.15) is 0 Å². The molecule has 2 aromatic heterocycles. The molecule has 1 fully saturated rings. The van der Waals surface area contributed by atoms with E-state index < -0.39 is 0 Å². The molecule has 1 N–H and O–H groups in total. The SMILES string of the molecule is CC1CC(Nc2ccc3nnnn3n2)CCN1C. The number of nitrogens with zero attached hydrogens (tertiary/aromatic N) is 6. The summed E-state index contributed by atoms with van der Waals surface area (Å²) in [7, 11) is 2.17. The van der Waals surface area contributed by atoms with Crippen molar-refractivity contribution in [3.05, 3.63) is 12.1 Å². The van der Waals surface area contributed by atoms with Gasteiger partial charge in [-0.15, -0.1) is 14.8 Å². The van der Waals surface area contributed by atoms with E-state index in [2.05, 4.69) is 44.8 Å². The lowest BCUT2D eigenvalue weighted by Gasteiger charge is -2.35. The van der Waals surface area contributed by atoms with Gasteiger partial charge in [0.1, 0.15) is 5.82 Å². The van der Waals surface area contributed by atoms with E-state index in [0.717, 1.165) is 25.2 Å². The molecule has 18 heavy (non-hydrogen) atoms. The van der Waals surface area contributed by atoms with E-state index in [9.17, 15) is 0 Å². The minimum atomic E-state index is 0.470. The van der Waals surface area contributed by atoms with Crippen molar-refractivity contribution in [1.82, 2.24) is 30.2 Å². The Morgan fingerprint density at radius 3 is 3.11 bits per heavy atom. The molecule has 7 heteroatoms. The molecule has 0 saturated carbocycles. The first kappa shape index (κ1) is 11.3. The summed E-state index contributed by atoms with van der Waals surface area (Å²) in [6, 6.07) is 4.87. The molecule has 3 heterocycles. The van der Waals surface area contributed by atoms with Gasteiger partial charge < -0.3 is 10.2 Å². The molecule has 96 valence electrons. The Morgan fingerprint density at radius 1 is 1.39 bits per heavy atom. The second-order valence-electron chi connectivity index (χ2n) is 4.94. The van der Waals surface area contributed by atoms with Crippen molar-refractivity contribution < 1.29 is 0 Å². The van der Waals surface area contributed by atoms with Gasteiger partial charge >= 0.3 is 0 Å². The summed E-state index contributed by atoms with van der Waals surface area (Å²) in [5, 5.41) is 19.0. The molecule has 0 aliphatic carbocycles. The van der Waals surface area contributed by atoms with Gasteiger partial charge in [0.15, 0.2) is 5.65 Å². The van der Waals surface area contributed by atoms with E-state index in [1.165, 1.54) is 4.63 Å². The molecule has 1 aliphatic heterocycles. The number of piperidine rings is 1. The van der Waals surface area contributed by atoms with Crippen LogP contribution in [0.2, 0.25) is 0 Å². The van der Waals surface area contributed by atoms with Crippen LogP contribution in [0.15, 0.2) is 12.1 Å². The molecule has 0 radical (unpaired) electrons. The molecule has 2 unspecified atom stereocenters. The van der Waals surface area contributed by atoms with Gasteiger partial charge in [0.2, 0.25) is 0 Å². The summed E-state index contributed by atoms with van der Waals surface area (Å²) >= 11 is 0. The Bertz CT molecular complexity index is 537. The van der Waals surface area contributed by atoms with Gasteiger partial charge in [-0.25, -0.2) is 0 Å². The number of hydrogen-bond acceptors (Lipinski definition) is 6. The Kier molecular flexibility index (Phi) is 2.83. The Hall–Kier alpha value is -1.76. The maximum Gasteiger partial charge on any atom is 0.200 e. The number of anilines is 1. The topological polar surface area (TPSA) is 71.2 Å². The predicted octanol–water partition coefficient (Wildman–Crippen LogP) is 0.414. The molecule has 0 spiro atoms. The molecule has 0 amide bonds. The molecule has 1 saturated heterocycles. The highest BCUT2D eigenvalue weighted by atomic mass is 15.6. The first-order valence-corrected chi connectivity index (χ1v) is 6.24. The predicted molar refractivity (Wildman–Crippen MR) is 67.3 cm³/mol. The molecule has 7 nitrogen and oxygen atoms in total. The highest BCUT2D eigenvalue weighted by molar-refractivity contribution is 5.42. The lowest BCUT2D eigenvalue weighted by Crippen LogP contribution is -2.42. The van der Waals surface area contributed by atoms with Crippen LogP contribution >= 0.6 is 0 Å². The maximum absolute atomic E-state index is 4.33. The van der Waals surface area contributed by atoms with E-state index in [-0.39, 0.29) is 0 Å². The molecule has 0 aromatic carbocycles. The summed E-state index contributed by atoms with van der Waals surface area (Å²) in [4.78, 5) is 2.39. The van der Waals surface area contributed by atoms with E-state index in [1.807, 2.05) is 12.1 Å². The third-order valence-electron chi connectivity index (χ3n) is 3.63. The van der Waals surface area contributed by atoms with Gasteiger partial charge in [0.25, 0.3) is 0 Å². The van der Waals surface area contributed by atoms with Crippen LogP contribution in [-0.2, 0) is 0 Å². The lowest BCUT2D eigenvalue weighted by molar-refractivity contribution is 0.190. The molecule has 0 bridgehead atoms. The number of tetrazole rings is 1. The zero-order valence-electron chi connectivity index (χ0n) is 10.6. The normalized spacial score (nSPS) is 25.4. The largest absolute Gasteiger partial charge is 0.366 e. The maximum atomic E-state index is 4.33. The van der Waals surface area contributed by atoms with Crippen LogP contribution in [0.4, 0.5) is 5.82 Å². The van der Waals surface area contributed by atoms with Gasteiger partial charge in [-0.1, -0.05) is 0 Å². The Balaban J connectivity index is 1.72. The van der Waals surface area contributed by atoms with Crippen LogP contribution < -0.4 is 5.32 Å². The zero-order chi connectivity index (χ0) is 12.5. The second-order valence-corrected chi connectivity index (χ2v) is 4.94. The fraction of sp³-hybridized carbons (Fsp3) is 0.636. The molecule has 3 rings (SSSR count). The number of aromatic nitrogens is 5. The monoisotopic (exact) mass is 247 g/mol. The van der Waals surface area contributed by atoms with Crippen LogP contribution in [0.3, 0.4) is 0 Å². The van der Waals surface area contributed by atoms with Crippen LogP contribution in [0, 0.1) is 0 Å². The highest BCUT2D eigenvalue weighted by Gasteiger charge is 2.22. The number of rotatable bonds is 2. The highest BCUT2D eigenvalue weighted by Crippen LogP contribution is 2.18. The minimum Gasteiger partial charge on any atom is -0.366 e. The van der Waals surface area contributed by atoms with Crippen molar-refractivity contribution in [2.75, 3.05) is 18.9 Å². The quantitative estimate of drug-likeness (QED) is 0.829. The second kappa shape index (κ2) is 4.49. The molecule has 1 aliphatic rings. The molecule has 2 atom stereocenters. The third-order valence-corrected chi connectivity index (χ3v) is 3.63. The summed E-state index contributed by atoms with van der Waals surface area (Å²) in [6.07, 6.45) is 2.27. The average molecular weight is 247 g/mol. The van der Waals surface area contributed by atoms with E-state index in [1.54, 1.807) is 0 Å². The number of likely N-dealkylation sites (tertiary alicyclic amines) is 1. The lowest BCUT2D eigenvalue weighted by atomic mass is 9.99. The van der Waals surface area contributed by atoms with Gasteiger partial charge in [-0.05, 0) is 49.4 Å². The summed E-state index contributed by atoms with van der Waals surface area (Å²) in [6.45, 7) is 3.37. The first-order chi connectivity index (χ1) is 8.72. The molecular weight excluding hydrogens is 230 g/mol. The van der Waals surface area contributed by atoms with Crippen LogP contribution in [0.1, 0.15) is 19.8 Å². The fourth-order valence-electron chi connectivity index (χ4n) is 2.36. The van der Waals surface area contributed by atoms with Crippen LogP contribution in [0.5, 0.6) is 0 Å². The molecule has 2 aromatic rings. The van der Waals surface area contributed by atoms with Crippen LogP contribution in [-0.4, -0.2) is 55.8 Å². The van der Waals surface area contributed by atoms with E-state index >= 15 is 0 Å².